The predicted octanol–water partition coefficient (Wildman–Crippen LogP) is 3.62. The van der Waals surface area contributed by atoms with Crippen molar-refractivity contribution < 1.29 is 13.9 Å². The second-order valence-corrected chi connectivity index (χ2v) is 4.18. The first-order valence-corrected chi connectivity index (χ1v) is 5.42. The summed E-state index contributed by atoms with van der Waals surface area (Å²) in [6.45, 7) is 0.412. The fourth-order valence-electron chi connectivity index (χ4n) is 1.15. The zero-order chi connectivity index (χ0) is 11.4. The monoisotopic (exact) mass is 294 g/mol. The van der Waals surface area contributed by atoms with Crippen molar-refractivity contribution in [3.05, 3.63) is 28.2 Å². The molecule has 1 unspecified atom stereocenters. The Balaban J connectivity index is 3.15. The number of hydrogen-bond donors (Lipinski definition) is 0. The van der Waals surface area contributed by atoms with Gasteiger partial charge in [0.15, 0.2) is 5.78 Å². The molecule has 1 aromatic carbocycles. The largest absolute Gasteiger partial charge is 0.461 e. The molecule has 2 nitrogen and oxygen atoms in total. The van der Waals surface area contributed by atoms with Gasteiger partial charge in [-0.15, -0.1) is 11.6 Å². The summed E-state index contributed by atoms with van der Waals surface area (Å²) in [5.74, 6) is 0.0636. The van der Waals surface area contributed by atoms with Crippen molar-refractivity contribution in [2.75, 3.05) is 6.86 Å². The van der Waals surface area contributed by atoms with E-state index in [-0.39, 0.29) is 11.5 Å². The van der Waals surface area contributed by atoms with Crippen molar-refractivity contribution in [2.45, 2.75) is 12.3 Å². The lowest BCUT2D eigenvalue weighted by Crippen LogP contribution is -2.05. The van der Waals surface area contributed by atoms with Crippen LogP contribution in [0.5, 0.6) is 5.75 Å². The number of carbonyl (C=O) groups is 1. The summed E-state index contributed by atoms with van der Waals surface area (Å²) in [6.07, 6.45) is 0. The summed E-state index contributed by atoms with van der Waals surface area (Å²) >= 11 is 9.09. The number of hydrogen-bond acceptors (Lipinski definition) is 2. The van der Waals surface area contributed by atoms with Gasteiger partial charge >= 0.3 is 0 Å². The molecular formula is C10H9BrClFO2. The highest BCUT2D eigenvalue weighted by atomic mass is 79.9. The molecule has 0 aliphatic heterocycles. The molecule has 15 heavy (non-hydrogen) atoms. The van der Waals surface area contributed by atoms with Gasteiger partial charge in [0.25, 0.3) is 0 Å². The number of carbonyl (C=O) groups excluding carboxylic acids is 1. The number of rotatable bonds is 4. The maximum Gasteiger partial charge on any atom is 0.228 e. The average molecular weight is 296 g/mol. The minimum atomic E-state index is -0.961. The second-order valence-electron chi connectivity index (χ2n) is 2.88. The molecule has 0 fully saturated rings. The summed E-state index contributed by atoms with van der Waals surface area (Å²) in [5, 5.41) is -0.816. The van der Waals surface area contributed by atoms with Gasteiger partial charge in [-0.1, -0.05) is 12.1 Å². The normalized spacial score (nSPS) is 12.3. The Morgan fingerprint density at radius 3 is 2.87 bits per heavy atom. The van der Waals surface area contributed by atoms with Crippen LogP contribution in [0.3, 0.4) is 0 Å². The first-order chi connectivity index (χ1) is 7.07. The summed E-state index contributed by atoms with van der Waals surface area (Å²) < 4.78 is 17.5. The van der Waals surface area contributed by atoms with Crippen LogP contribution in [-0.2, 0) is 4.79 Å². The molecule has 0 N–H and O–H groups in total. The second kappa shape index (κ2) is 5.47. The van der Waals surface area contributed by atoms with Crippen LogP contribution in [-0.4, -0.2) is 12.6 Å². The fourth-order valence-corrected chi connectivity index (χ4v) is 1.82. The van der Waals surface area contributed by atoms with Crippen molar-refractivity contribution in [1.82, 2.24) is 0 Å². The van der Waals surface area contributed by atoms with Crippen molar-refractivity contribution in [3.63, 3.8) is 0 Å². The first kappa shape index (κ1) is 12.5. The molecular weight excluding hydrogens is 286 g/mol. The quantitative estimate of drug-likeness (QED) is 0.793. The molecule has 0 radical (unpaired) electrons. The summed E-state index contributed by atoms with van der Waals surface area (Å²) in [4.78, 5) is 11.1. The summed E-state index contributed by atoms with van der Waals surface area (Å²) in [6, 6.07) is 5.04. The van der Waals surface area contributed by atoms with Gasteiger partial charge < -0.3 is 4.74 Å². The van der Waals surface area contributed by atoms with Gasteiger partial charge in [-0.2, -0.15) is 0 Å². The number of benzene rings is 1. The van der Waals surface area contributed by atoms with Gasteiger partial charge in [0.1, 0.15) is 11.1 Å². The third kappa shape index (κ3) is 2.92. The van der Waals surface area contributed by atoms with Crippen LogP contribution < -0.4 is 4.74 Å². The molecule has 0 bridgehead atoms. The molecule has 82 valence electrons. The van der Waals surface area contributed by atoms with E-state index in [0.29, 0.717) is 10.0 Å². The lowest BCUT2D eigenvalue weighted by atomic mass is 10.1. The van der Waals surface area contributed by atoms with Crippen LogP contribution in [0.15, 0.2) is 22.7 Å². The van der Waals surface area contributed by atoms with Crippen LogP contribution in [0.1, 0.15) is 17.9 Å². The van der Waals surface area contributed by atoms with Gasteiger partial charge in [-0.25, -0.2) is 4.39 Å². The van der Waals surface area contributed by atoms with E-state index in [4.69, 9.17) is 16.3 Å². The molecule has 0 aliphatic rings. The third-order valence-electron chi connectivity index (χ3n) is 1.83. The Morgan fingerprint density at radius 2 is 2.33 bits per heavy atom. The predicted molar refractivity (Wildman–Crippen MR) is 60.0 cm³/mol. The number of para-hydroxylation sites is 1. The Bertz CT molecular complexity index is 370. The van der Waals surface area contributed by atoms with Crippen molar-refractivity contribution in [2.24, 2.45) is 0 Å². The smallest absolute Gasteiger partial charge is 0.228 e. The highest BCUT2D eigenvalue weighted by Gasteiger charge is 2.19. The summed E-state index contributed by atoms with van der Waals surface area (Å²) in [5.41, 5.74) is 0.469. The molecule has 1 atom stereocenters. The van der Waals surface area contributed by atoms with Gasteiger partial charge in [0.2, 0.25) is 6.86 Å². The zero-order valence-electron chi connectivity index (χ0n) is 7.97. The van der Waals surface area contributed by atoms with Crippen LogP contribution in [0.4, 0.5) is 4.39 Å². The molecule has 1 aromatic rings. The number of alkyl halides is 2. The highest BCUT2D eigenvalue weighted by molar-refractivity contribution is 9.10. The first-order valence-electron chi connectivity index (χ1n) is 4.19. The Morgan fingerprint density at radius 1 is 1.67 bits per heavy atom. The van der Waals surface area contributed by atoms with Gasteiger partial charge in [0.05, 0.1) is 4.47 Å². The van der Waals surface area contributed by atoms with E-state index in [9.17, 15) is 9.18 Å². The van der Waals surface area contributed by atoms with E-state index >= 15 is 0 Å². The fraction of sp³-hybridized carbons (Fsp3) is 0.300. The van der Waals surface area contributed by atoms with E-state index < -0.39 is 12.2 Å². The number of halogens is 3. The standard InChI is InChI=1S/C10H9BrClFO2/c1-6(14)9(12)7-3-2-4-8(11)10(7)15-5-13/h2-4,9H,5H2,1H3. The topological polar surface area (TPSA) is 26.3 Å². The lowest BCUT2D eigenvalue weighted by molar-refractivity contribution is -0.116. The van der Waals surface area contributed by atoms with Crippen LogP contribution >= 0.6 is 27.5 Å². The number of Topliss-reactive ketones (excluding diaryl/α,β-unsaturated/α-hetero) is 1. The number of ketones is 1. The van der Waals surface area contributed by atoms with Crippen LogP contribution in [0.2, 0.25) is 0 Å². The van der Waals surface area contributed by atoms with Crippen molar-refractivity contribution in [3.8, 4) is 5.75 Å². The molecule has 5 heteroatoms. The molecule has 0 amide bonds. The minimum absolute atomic E-state index is 0.210. The highest BCUT2D eigenvalue weighted by Crippen LogP contribution is 2.36. The third-order valence-corrected chi connectivity index (χ3v) is 2.99. The Hall–Kier alpha value is -0.610. The van der Waals surface area contributed by atoms with Crippen molar-refractivity contribution in [1.29, 1.82) is 0 Å². The molecule has 0 spiro atoms. The van der Waals surface area contributed by atoms with E-state index in [0.717, 1.165) is 0 Å². The van der Waals surface area contributed by atoms with E-state index in [1.807, 2.05) is 0 Å². The van der Waals surface area contributed by atoms with Crippen molar-refractivity contribution >= 4 is 33.3 Å². The maximum absolute atomic E-state index is 12.1. The lowest BCUT2D eigenvalue weighted by Gasteiger charge is -2.13. The number of ether oxygens (including phenoxy) is 1. The molecule has 0 aromatic heterocycles. The van der Waals surface area contributed by atoms with E-state index in [1.54, 1.807) is 18.2 Å². The SMILES string of the molecule is CC(=O)C(Cl)c1cccc(Br)c1OCF. The van der Waals surface area contributed by atoms with E-state index in [1.165, 1.54) is 6.92 Å². The Kier molecular flexibility index (Phi) is 4.54. The zero-order valence-corrected chi connectivity index (χ0v) is 10.3. The minimum Gasteiger partial charge on any atom is -0.461 e. The van der Waals surface area contributed by atoms with Gasteiger partial charge in [-0.3, -0.25) is 4.79 Å². The van der Waals surface area contributed by atoms with Crippen LogP contribution in [0.25, 0.3) is 0 Å². The molecule has 1 rings (SSSR count). The molecule has 0 saturated heterocycles. The van der Waals surface area contributed by atoms with Gasteiger partial charge in [-0.05, 0) is 28.9 Å². The van der Waals surface area contributed by atoms with Crippen LogP contribution in [0, 0.1) is 0 Å². The Labute approximate surface area is 101 Å². The van der Waals surface area contributed by atoms with Gasteiger partial charge in [0, 0.05) is 5.56 Å². The molecule has 0 saturated carbocycles. The average Bonchev–Trinajstić information content (AvgIpc) is 2.20. The molecule has 0 heterocycles. The molecule has 0 aliphatic carbocycles. The summed E-state index contributed by atoms with van der Waals surface area (Å²) in [7, 11) is 0. The van der Waals surface area contributed by atoms with E-state index in [2.05, 4.69) is 15.9 Å². The maximum atomic E-state index is 12.1.